The fourth-order valence-corrected chi connectivity index (χ4v) is 2.74. The van der Waals surface area contributed by atoms with E-state index in [0.717, 1.165) is 18.4 Å². The Morgan fingerprint density at radius 3 is 2.65 bits per heavy atom. The van der Waals surface area contributed by atoms with Gasteiger partial charge in [-0.05, 0) is 25.3 Å². The van der Waals surface area contributed by atoms with Crippen LogP contribution in [0.1, 0.15) is 30.4 Å². The zero-order chi connectivity index (χ0) is 14.1. The van der Waals surface area contributed by atoms with Gasteiger partial charge in [0.15, 0.2) is 0 Å². The SMILES string of the molecule is Cc1ccc(CC(=O)NC2CC(=O)N(C3CC3)C2)cc1. The Morgan fingerprint density at radius 2 is 2.00 bits per heavy atom. The molecule has 0 bridgehead atoms. The van der Waals surface area contributed by atoms with Crippen molar-refractivity contribution in [2.75, 3.05) is 6.54 Å². The van der Waals surface area contributed by atoms with Crippen molar-refractivity contribution in [2.24, 2.45) is 0 Å². The van der Waals surface area contributed by atoms with E-state index in [4.69, 9.17) is 0 Å². The number of rotatable bonds is 4. The van der Waals surface area contributed by atoms with Gasteiger partial charge >= 0.3 is 0 Å². The van der Waals surface area contributed by atoms with Crippen molar-refractivity contribution in [2.45, 2.75) is 44.7 Å². The molecule has 1 saturated heterocycles. The number of carbonyl (C=O) groups is 2. The molecule has 1 aromatic rings. The number of carbonyl (C=O) groups excluding carboxylic acids is 2. The maximum absolute atomic E-state index is 12.0. The number of amides is 2. The van der Waals surface area contributed by atoms with Crippen molar-refractivity contribution in [3.8, 4) is 0 Å². The van der Waals surface area contributed by atoms with Crippen LogP contribution in [0, 0.1) is 6.92 Å². The molecule has 2 amide bonds. The molecule has 20 heavy (non-hydrogen) atoms. The Labute approximate surface area is 119 Å². The molecule has 1 N–H and O–H groups in total. The minimum atomic E-state index is -0.0129. The number of nitrogens with zero attached hydrogens (tertiary/aromatic N) is 1. The summed E-state index contributed by atoms with van der Waals surface area (Å²) >= 11 is 0. The molecule has 0 aromatic heterocycles. The molecular weight excluding hydrogens is 252 g/mol. The largest absolute Gasteiger partial charge is 0.351 e. The lowest BCUT2D eigenvalue weighted by atomic mass is 10.1. The minimum absolute atomic E-state index is 0.00398. The highest BCUT2D eigenvalue weighted by Gasteiger charge is 2.39. The summed E-state index contributed by atoms with van der Waals surface area (Å²) in [5, 5.41) is 2.98. The molecule has 1 unspecified atom stereocenters. The Morgan fingerprint density at radius 1 is 1.30 bits per heavy atom. The summed E-state index contributed by atoms with van der Waals surface area (Å²) in [5.41, 5.74) is 2.20. The van der Waals surface area contributed by atoms with Gasteiger partial charge in [0.25, 0.3) is 0 Å². The molecular formula is C16H20N2O2. The zero-order valence-electron chi connectivity index (χ0n) is 11.8. The fraction of sp³-hybridized carbons (Fsp3) is 0.500. The summed E-state index contributed by atoms with van der Waals surface area (Å²) in [4.78, 5) is 25.8. The Bertz CT molecular complexity index is 520. The molecule has 1 aliphatic carbocycles. The van der Waals surface area contributed by atoms with Crippen molar-refractivity contribution >= 4 is 11.8 Å². The maximum Gasteiger partial charge on any atom is 0.225 e. The van der Waals surface area contributed by atoms with Crippen LogP contribution in [-0.2, 0) is 16.0 Å². The maximum atomic E-state index is 12.0. The van der Waals surface area contributed by atoms with Gasteiger partial charge in [-0.25, -0.2) is 0 Å². The van der Waals surface area contributed by atoms with E-state index in [1.165, 1.54) is 5.56 Å². The molecule has 2 fully saturated rings. The van der Waals surface area contributed by atoms with E-state index in [1.807, 2.05) is 36.1 Å². The van der Waals surface area contributed by atoms with Crippen LogP contribution in [0.4, 0.5) is 0 Å². The van der Waals surface area contributed by atoms with Crippen LogP contribution in [0.2, 0.25) is 0 Å². The van der Waals surface area contributed by atoms with Crippen LogP contribution in [0.5, 0.6) is 0 Å². The topological polar surface area (TPSA) is 49.4 Å². The van der Waals surface area contributed by atoms with Gasteiger partial charge < -0.3 is 10.2 Å². The standard InChI is InChI=1S/C16H20N2O2/c1-11-2-4-12(5-3-11)8-15(19)17-13-9-16(20)18(10-13)14-6-7-14/h2-5,13-14H,6-10H2,1H3,(H,17,19). The molecule has 0 spiro atoms. The lowest BCUT2D eigenvalue weighted by molar-refractivity contribution is -0.128. The first kappa shape index (κ1) is 13.2. The number of aryl methyl sites for hydroxylation is 1. The molecule has 1 heterocycles. The fourth-order valence-electron chi connectivity index (χ4n) is 2.74. The van der Waals surface area contributed by atoms with Crippen LogP contribution in [0.25, 0.3) is 0 Å². The van der Waals surface area contributed by atoms with Crippen LogP contribution in [0.15, 0.2) is 24.3 Å². The normalized spacial score (nSPS) is 22.1. The average molecular weight is 272 g/mol. The van der Waals surface area contributed by atoms with Gasteiger partial charge in [-0.15, -0.1) is 0 Å². The summed E-state index contributed by atoms with van der Waals surface area (Å²) in [5.74, 6) is 0.192. The first-order valence-electron chi connectivity index (χ1n) is 7.26. The summed E-state index contributed by atoms with van der Waals surface area (Å²) in [6.07, 6.45) is 3.08. The number of nitrogens with one attached hydrogen (secondary N) is 1. The number of benzene rings is 1. The van der Waals surface area contributed by atoms with E-state index in [-0.39, 0.29) is 17.9 Å². The van der Waals surface area contributed by atoms with Crippen LogP contribution < -0.4 is 5.32 Å². The van der Waals surface area contributed by atoms with Gasteiger partial charge in [0.2, 0.25) is 11.8 Å². The van der Waals surface area contributed by atoms with Gasteiger partial charge in [0.1, 0.15) is 0 Å². The highest BCUT2D eigenvalue weighted by molar-refractivity contribution is 5.83. The lowest BCUT2D eigenvalue weighted by Gasteiger charge is -2.16. The zero-order valence-corrected chi connectivity index (χ0v) is 11.8. The Hall–Kier alpha value is -1.84. The van der Waals surface area contributed by atoms with E-state index in [0.29, 0.717) is 25.4 Å². The summed E-state index contributed by atoms with van der Waals surface area (Å²) < 4.78 is 0. The molecule has 1 aliphatic heterocycles. The average Bonchev–Trinajstić information content (AvgIpc) is 3.17. The summed E-state index contributed by atoms with van der Waals surface area (Å²) in [6.45, 7) is 2.71. The third-order valence-electron chi connectivity index (χ3n) is 4.00. The molecule has 106 valence electrons. The minimum Gasteiger partial charge on any atom is -0.351 e. The highest BCUT2D eigenvalue weighted by atomic mass is 16.2. The van der Waals surface area contributed by atoms with E-state index in [9.17, 15) is 9.59 Å². The highest BCUT2D eigenvalue weighted by Crippen LogP contribution is 2.30. The molecule has 2 aliphatic rings. The van der Waals surface area contributed by atoms with Gasteiger partial charge in [-0.1, -0.05) is 29.8 Å². The predicted molar refractivity (Wildman–Crippen MR) is 76.2 cm³/mol. The van der Waals surface area contributed by atoms with Gasteiger partial charge in [0.05, 0.1) is 12.5 Å². The van der Waals surface area contributed by atoms with E-state index < -0.39 is 0 Å². The number of likely N-dealkylation sites (tertiary alicyclic amines) is 1. The van der Waals surface area contributed by atoms with Crippen molar-refractivity contribution in [1.82, 2.24) is 10.2 Å². The van der Waals surface area contributed by atoms with Gasteiger partial charge in [-0.2, -0.15) is 0 Å². The predicted octanol–water partition coefficient (Wildman–Crippen LogP) is 1.42. The Balaban J connectivity index is 1.51. The summed E-state index contributed by atoms with van der Waals surface area (Å²) in [7, 11) is 0. The first-order chi connectivity index (χ1) is 9.61. The van der Waals surface area contributed by atoms with Crippen molar-refractivity contribution in [3.63, 3.8) is 0 Å². The molecule has 4 heteroatoms. The lowest BCUT2D eigenvalue weighted by Crippen LogP contribution is -2.38. The van der Waals surface area contributed by atoms with Crippen LogP contribution in [-0.4, -0.2) is 35.3 Å². The molecule has 4 nitrogen and oxygen atoms in total. The van der Waals surface area contributed by atoms with Gasteiger partial charge in [-0.3, -0.25) is 9.59 Å². The van der Waals surface area contributed by atoms with Gasteiger partial charge in [0, 0.05) is 19.0 Å². The smallest absolute Gasteiger partial charge is 0.225 e. The van der Waals surface area contributed by atoms with E-state index in [1.54, 1.807) is 0 Å². The molecule has 1 atom stereocenters. The van der Waals surface area contributed by atoms with Crippen molar-refractivity contribution in [3.05, 3.63) is 35.4 Å². The molecule has 3 rings (SSSR count). The quantitative estimate of drug-likeness (QED) is 0.901. The number of hydrogen-bond donors (Lipinski definition) is 1. The molecule has 1 saturated carbocycles. The van der Waals surface area contributed by atoms with Crippen molar-refractivity contribution in [1.29, 1.82) is 0 Å². The second-order valence-corrected chi connectivity index (χ2v) is 5.91. The second-order valence-electron chi connectivity index (χ2n) is 5.91. The monoisotopic (exact) mass is 272 g/mol. The number of hydrogen-bond acceptors (Lipinski definition) is 2. The summed E-state index contributed by atoms with van der Waals surface area (Å²) in [6, 6.07) is 8.41. The van der Waals surface area contributed by atoms with E-state index in [2.05, 4.69) is 5.32 Å². The van der Waals surface area contributed by atoms with Crippen LogP contribution >= 0.6 is 0 Å². The van der Waals surface area contributed by atoms with Crippen LogP contribution in [0.3, 0.4) is 0 Å². The Kier molecular flexibility index (Phi) is 3.47. The third kappa shape index (κ3) is 3.00. The molecule has 0 radical (unpaired) electrons. The second kappa shape index (κ2) is 5.27. The third-order valence-corrected chi connectivity index (χ3v) is 4.00. The van der Waals surface area contributed by atoms with Crippen molar-refractivity contribution < 1.29 is 9.59 Å². The first-order valence-corrected chi connectivity index (χ1v) is 7.26. The van der Waals surface area contributed by atoms with E-state index >= 15 is 0 Å². The molecule has 1 aromatic carbocycles.